The van der Waals surface area contributed by atoms with Crippen LogP contribution in [-0.2, 0) is 0 Å². The standard InChI is InChI=1S/C23H30O2S.H2S/c1-7-23(4,5)25-22-16(2)14-18(15-17(22)3)8-13-21(24)19-9-11-20(26-6)12-10-19;/h8-15,21,24H,7H2,1-6H3;1H2. The Bertz CT molecular complexity index is 741. The summed E-state index contributed by atoms with van der Waals surface area (Å²) in [6, 6.07) is 12.2. The van der Waals surface area contributed by atoms with Crippen LogP contribution in [0.15, 0.2) is 47.4 Å². The molecular formula is C23H32O2S2. The van der Waals surface area contributed by atoms with Crippen LogP contribution in [0.2, 0.25) is 0 Å². The largest absolute Gasteiger partial charge is 0.487 e. The van der Waals surface area contributed by atoms with E-state index >= 15 is 0 Å². The molecule has 0 amide bonds. The average Bonchev–Trinajstić information content (AvgIpc) is 2.63. The van der Waals surface area contributed by atoms with Gasteiger partial charge in [-0.2, -0.15) is 13.5 Å². The number of aliphatic hydroxyl groups is 1. The molecule has 0 spiro atoms. The summed E-state index contributed by atoms with van der Waals surface area (Å²) in [4.78, 5) is 1.20. The molecule has 0 saturated heterocycles. The first-order chi connectivity index (χ1) is 12.3. The molecule has 1 N–H and O–H groups in total. The highest BCUT2D eigenvalue weighted by atomic mass is 32.2. The van der Waals surface area contributed by atoms with Crippen LogP contribution in [0.3, 0.4) is 0 Å². The van der Waals surface area contributed by atoms with Gasteiger partial charge in [-0.1, -0.05) is 31.2 Å². The van der Waals surface area contributed by atoms with Gasteiger partial charge in [0.15, 0.2) is 0 Å². The molecule has 1 atom stereocenters. The number of hydrogen-bond acceptors (Lipinski definition) is 3. The summed E-state index contributed by atoms with van der Waals surface area (Å²) in [6.45, 7) is 10.5. The van der Waals surface area contributed by atoms with Gasteiger partial charge < -0.3 is 9.84 Å². The van der Waals surface area contributed by atoms with Gasteiger partial charge in [0.1, 0.15) is 11.4 Å². The molecule has 0 radical (unpaired) electrons. The van der Waals surface area contributed by atoms with Gasteiger partial charge in [0, 0.05) is 4.90 Å². The van der Waals surface area contributed by atoms with Crippen molar-refractivity contribution < 1.29 is 9.84 Å². The molecule has 0 bridgehead atoms. The minimum atomic E-state index is -0.610. The van der Waals surface area contributed by atoms with Crippen molar-refractivity contribution in [1.82, 2.24) is 0 Å². The Morgan fingerprint density at radius 1 is 1.11 bits per heavy atom. The molecule has 1 unspecified atom stereocenters. The van der Waals surface area contributed by atoms with Crippen LogP contribution in [0.4, 0.5) is 0 Å². The van der Waals surface area contributed by atoms with Crippen molar-refractivity contribution in [2.45, 2.75) is 57.6 Å². The SMILES string of the molecule is CCC(C)(C)Oc1c(C)cc(C=CC(O)c2ccc(SC)cc2)cc1C.S. The molecule has 0 heterocycles. The first-order valence-electron chi connectivity index (χ1n) is 9.06. The van der Waals surface area contributed by atoms with E-state index in [0.717, 1.165) is 34.4 Å². The number of benzene rings is 2. The zero-order chi connectivity index (χ0) is 19.3. The number of thioether (sulfide) groups is 1. The van der Waals surface area contributed by atoms with Gasteiger partial charge in [-0.05, 0) is 86.9 Å². The third-order valence-corrected chi connectivity index (χ3v) is 5.38. The van der Waals surface area contributed by atoms with Crippen LogP contribution in [0, 0.1) is 13.8 Å². The van der Waals surface area contributed by atoms with Crippen molar-refractivity contribution in [2.24, 2.45) is 0 Å². The Kier molecular flexibility index (Phi) is 9.00. The van der Waals surface area contributed by atoms with E-state index in [4.69, 9.17) is 4.74 Å². The molecule has 2 aromatic carbocycles. The van der Waals surface area contributed by atoms with E-state index in [1.807, 2.05) is 42.7 Å². The number of ether oxygens (including phenoxy) is 1. The molecule has 0 aliphatic heterocycles. The first kappa shape index (κ1) is 23.7. The van der Waals surface area contributed by atoms with E-state index in [1.54, 1.807) is 11.8 Å². The van der Waals surface area contributed by atoms with Crippen LogP contribution in [0.25, 0.3) is 6.08 Å². The fourth-order valence-corrected chi connectivity index (χ4v) is 3.11. The van der Waals surface area contributed by atoms with Crippen LogP contribution in [0.1, 0.15) is 55.5 Å². The van der Waals surface area contributed by atoms with Crippen molar-refractivity contribution in [3.05, 3.63) is 64.7 Å². The van der Waals surface area contributed by atoms with Gasteiger partial charge in [0.05, 0.1) is 6.10 Å². The minimum absolute atomic E-state index is 0. The van der Waals surface area contributed by atoms with Crippen molar-refractivity contribution in [2.75, 3.05) is 6.26 Å². The smallest absolute Gasteiger partial charge is 0.125 e. The number of aliphatic hydroxyl groups excluding tert-OH is 1. The number of hydrogen-bond donors (Lipinski definition) is 1. The van der Waals surface area contributed by atoms with Gasteiger partial charge in [-0.25, -0.2) is 0 Å². The molecule has 2 rings (SSSR count). The van der Waals surface area contributed by atoms with Crippen LogP contribution in [-0.4, -0.2) is 17.0 Å². The van der Waals surface area contributed by atoms with Gasteiger partial charge in [-0.3, -0.25) is 0 Å². The van der Waals surface area contributed by atoms with Crippen LogP contribution in [0.5, 0.6) is 5.75 Å². The highest BCUT2D eigenvalue weighted by molar-refractivity contribution is 7.98. The predicted octanol–water partition coefficient (Wildman–Crippen LogP) is 6.45. The number of rotatable bonds is 7. The maximum Gasteiger partial charge on any atom is 0.125 e. The van der Waals surface area contributed by atoms with E-state index in [-0.39, 0.29) is 19.1 Å². The fraction of sp³-hybridized carbons (Fsp3) is 0.391. The van der Waals surface area contributed by atoms with Crippen molar-refractivity contribution in [3.63, 3.8) is 0 Å². The summed E-state index contributed by atoms with van der Waals surface area (Å²) < 4.78 is 6.21. The average molecular weight is 405 g/mol. The lowest BCUT2D eigenvalue weighted by molar-refractivity contribution is 0.103. The van der Waals surface area contributed by atoms with Crippen molar-refractivity contribution in [3.8, 4) is 5.75 Å². The lowest BCUT2D eigenvalue weighted by Gasteiger charge is -2.27. The first-order valence-corrected chi connectivity index (χ1v) is 10.3. The summed E-state index contributed by atoms with van der Waals surface area (Å²) >= 11 is 1.70. The Morgan fingerprint density at radius 2 is 1.67 bits per heavy atom. The maximum atomic E-state index is 10.4. The molecule has 0 aliphatic carbocycles. The Morgan fingerprint density at radius 3 is 2.15 bits per heavy atom. The molecule has 2 aromatic rings. The Hall–Kier alpha value is -1.36. The molecule has 2 nitrogen and oxygen atoms in total. The minimum Gasteiger partial charge on any atom is -0.487 e. The monoisotopic (exact) mass is 404 g/mol. The van der Waals surface area contributed by atoms with Gasteiger partial charge in [0.25, 0.3) is 0 Å². The molecule has 27 heavy (non-hydrogen) atoms. The Balaban J connectivity index is 0.00000364. The highest BCUT2D eigenvalue weighted by Gasteiger charge is 2.19. The van der Waals surface area contributed by atoms with E-state index in [0.29, 0.717) is 0 Å². The van der Waals surface area contributed by atoms with E-state index < -0.39 is 6.10 Å². The summed E-state index contributed by atoms with van der Waals surface area (Å²) in [5, 5.41) is 10.4. The van der Waals surface area contributed by atoms with Crippen molar-refractivity contribution >= 4 is 31.3 Å². The predicted molar refractivity (Wildman–Crippen MR) is 124 cm³/mol. The third kappa shape index (κ3) is 6.63. The van der Waals surface area contributed by atoms with E-state index in [1.165, 1.54) is 4.90 Å². The molecule has 0 fully saturated rings. The lowest BCUT2D eigenvalue weighted by Crippen LogP contribution is -2.27. The summed E-state index contributed by atoms with van der Waals surface area (Å²) in [5.41, 5.74) is 4.03. The second kappa shape index (κ2) is 10.3. The van der Waals surface area contributed by atoms with E-state index in [9.17, 15) is 5.11 Å². The van der Waals surface area contributed by atoms with Crippen LogP contribution < -0.4 is 4.74 Å². The molecule has 0 saturated carbocycles. The topological polar surface area (TPSA) is 29.5 Å². The maximum absolute atomic E-state index is 10.4. The fourth-order valence-electron chi connectivity index (χ4n) is 2.70. The Labute approximate surface area is 175 Å². The van der Waals surface area contributed by atoms with Gasteiger partial charge >= 0.3 is 0 Å². The molecule has 0 aliphatic rings. The zero-order valence-corrected chi connectivity index (χ0v) is 19.0. The number of aryl methyl sites for hydroxylation is 2. The summed E-state index contributed by atoms with van der Waals surface area (Å²) in [6.07, 6.45) is 6.20. The second-order valence-electron chi connectivity index (χ2n) is 7.28. The molecule has 4 heteroatoms. The quantitative estimate of drug-likeness (QED) is 0.538. The lowest BCUT2D eigenvalue weighted by atomic mass is 10.0. The van der Waals surface area contributed by atoms with Crippen molar-refractivity contribution in [1.29, 1.82) is 0 Å². The van der Waals surface area contributed by atoms with Crippen LogP contribution >= 0.6 is 25.3 Å². The second-order valence-corrected chi connectivity index (χ2v) is 8.16. The third-order valence-electron chi connectivity index (χ3n) is 4.64. The van der Waals surface area contributed by atoms with Gasteiger partial charge in [0.2, 0.25) is 0 Å². The summed E-state index contributed by atoms with van der Waals surface area (Å²) in [5.74, 6) is 0.960. The molecule has 0 aromatic heterocycles. The van der Waals surface area contributed by atoms with E-state index in [2.05, 4.69) is 46.8 Å². The summed E-state index contributed by atoms with van der Waals surface area (Å²) in [7, 11) is 0. The van der Waals surface area contributed by atoms with Gasteiger partial charge in [-0.15, -0.1) is 11.8 Å². The molecular weight excluding hydrogens is 372 g/mol. The zero-order valence-electron chi connectivity index (χ0n) is 17.2. The highest BCUT2D eigenvalue weighted by Crippen LogP contribution is 2.30. The normalized spacial score (nSPS) is 12.7. The molecule has 148 valence electrons.